The number of nitrogens with two attached hydrogens (primary N) is 1. The number of ether oxygens (including phenoxy) is 1. The van der Waals surface area contributed by atoms with Gasteiger partial charge in [-0.2, -0.15) is 0 Å². The first kappa shape index (κ1) is 19.8. The van der Waals surface area contributed by atoms with Gasteiger partial charge in [-0.3, -0.25) is 4.79 Å². The summed E-state index contributed by atoms with van der Waals surface area (Å²) in [6.45, 7) is 2.05. The molecule has 0 saturated heterocycles. The average molecular weight is 399 g/mol. The number of carbonyl (C=O) groups excluding carboxylic acids is 1. The predicted octanol–water partition coefficient (Wildman–Crippen LogP) is 5.24. The number of primary amides is 1. The van der Waals surface area contributed by atoms with E-state index >= 15 is 0 Å². The number of rotatable bonds is 7. The molecule has 0 fully saturated rings. The number of benzene rings is 3. The zero-order chi connectivity index (χ0) is 20.9. The second-order valence-electron chi connectivity index (χ2n) is 7.42. The molecule has 0 aliphatic carbocycles. The van der Waals surface area contributed by atoms with Crippen LogP contribution in [0.4, 0.5) is 5.69 Å². The van der Waals surface area contributed by atoms with Gasteiger partial charge in [0.2, 0.25) is 0 Å². The van der Waals surface area contributed by atoms with Gasteiger partial charge in [0, 0.05) is 11.3 Å². The van der Waals surface area contributed by atoms with Crippen LogP contribution in [0.2, 0.25) is 0 Å². The van der Waals surface area contributed by atoms with Crippen LogP contribution in [0.5, 0.6) is 0 Å². The molecule has 30 heavy (non-hydrogen) atoms. The Hall–Kier alpha value is -3.53. The second kappa shape index (κ2) is 8.87. The van der Waals surface area contributed by atoms with Crippen LogP contribution >= 0.6 is 0 Å². The molecule has 4 nitrogen and oxygen atoms in total. The van der Waals surface area contributed by atoms with Gasteiger partial charge in [0.15, 0.2) is 6.61 Å². The van der Waals surface area contributed by atoms with Crippen molar-refractivity contribution in [3.05, 3.63) is 107 Å². The van der Waals surface area contributed by atoms with E-state index in [1.807, 2.05) is 36.4 Å². The number of fused-ring (bicyclic) bond motifs is 1. The predicted molar refractivity (Wildman–Crippen MR) is 121 cm³/mol. The van der Waals surface area contributed by atoms with Gasteiger partial charge in [-0.05, 0) is 29.7 Å². The molecule has 2 atom stereocenters. The fourth-order valence-electron chi connectivity index (χ4n) is 4.20. The highest BCUT2D eigenvalue weighted by molar-refractivity contribution is 5.77. The summed E-state index contributed by atoms with van der Waals surface area (Å²) >= 11 is 0. The van der Waals surface area contributed by atoms with Gasteiger partial charge in [-0.1, -0.05) is 85.8 Å². The maximum Gasteiger partial charge on any atom is 0.255 e. The number of amides is 1. The third-order valence-electron chi connectivity index (χ3n) is 5.46. The van der Waals surface area contributed by atoms with Crippen molar-refractivity contribution in [2.24, 2.45) is 5.73 Å². The Labute approximate surface area is 177 Å². The molecule has 2 N–H and O–H groups in total. The van der Waals surface area contributed by atoms with Crippen LogP contribution in [0.3, 0.4) is 0 Å². The molecule has 1 aliphatic heterocycles. The first-order valence-electron chi connectivity index (χ1n) is 10.3. The Morgan fingerprint density at radius 1 is 0.967 bits per heavy atom. The lowest BCUT2D eigenvalue weighted by atomic mass is 9.90. The number of hydrogen-bond acceptors (Lipinski definition) is 3. The maximum atomic E-state index is 11.5. The molecule has 152 valence electrons. The zero-order valence-electron chi connectivity index (χ0n) is 17.1. The van der Waals surface area contributed by atoms with E-state index in [2.05, 4.69) is 66.4 Å². The van der Waals surface area contributed by atoms with Crippen LogP contribution in [0.1, 0.15) is 42.1 Å². The van der Waals surface area contributed by atoms with Gasteiger partial charge in [-0.15, -0.1) is 0 Å². The first-order valence-corrected chi connectivity index (χ1v) is 10.3. The molecule has 0 aromatic heterocycles. The monoisotopic (exact) mass is 398 g/mol. The number of nitrogens with zero attached hydrogens (tertiary/aromatic N) is 1. The molecule has 4 heteroatoms. The quantitative estimate of drug-likeness (QED) is 0.592. The van der Waals surface area contributed by atoms with E-state index < -0.39 is 5.91 Å². The summed E-state index contributed by atoms with van der Waals surface area (Å²) in [7, 11) is 0. The van der Waals surface area contributed by atoms with Gasteiger partial charge in [0.1, 0.15) is 11.8 Å². The molecule has 1 amide bonds. The molecule has 0 bridgehead atoms. The number of anilines is 1. The molecule has 1 heterocycles. The molecule has 3 aromatic rings. The highest BCUT2D eigenvalue weighted by atomic mass is 16.5. The molecule has 3 aromatic carbocycles. The van der Waals surface area contributed by atoms with Crippen molar-refractivity contribution in [2.75, 3.05) is 11.5 Å². The van der Waals surface area contributed by atoms with Crippen LogP contribution < -0.4 is 10.6 Å². The molecule has 4 rings (SSSR count). The van der Waals surface area contributed by atoms with Crippen molar-refractivity contribution >= 4 is 17.7 Å². The third-order valence-corrected chi connectivity index (χ3v) is 5.46. The summed E-state index contributed by atoms with van der Waals surface area (Å²) in [5, 5.41) is 0. The average Bonchev–Trinajstić information content (AvgIpc) is 2.79. The Bertz CT molecular complexity index is 1030. The molecule has 0 saturated carbocycles. The van der Waals surface area contributed by atoms with Gasteiger partial charge in [-0.25, -0.2) is 0 Å². The lowest BCUT2D eigenvalue weighted by Crippen LogP contribution is -2.37. The van der Waals surface area contributed by atoms with E-state index in [4.69, 9.17) is 10.5 Å². The summed E-state index contributed by atoms with van der Waals surface area (Å²) < 4.78 is 5.97. The van der Waals surface area contributed by atoms with Crippen LogP contribution in [-0.2, 0) is 9.53 Å². The second-order valence-corrected chi connectivity index (χ2v) is 7.42. The largest absolute Gasteiger partial charge is 0.486 e. The van der Waals surface area contributed by atoms with Crippen molar-refractivity contribution < 1.29 is 9.53 Å². The third kappa shape index (κ3) is 3.94. The van der Waals surface area contributed by atoms with E-state index in [-0.39, 0.29) is 18.7 Å². The van der Waals surface area contributed by atoms with E-state index in [0.29, 0.717) is 0 Å². The highest BCUT2D eigenvalue weighted by Crippen LogP contribution is 2.46. The summed E-state index contributed by atoms with van der Waals surface area (Å²) in [6.07, 6.45) is 2.95. The lowest BCUT2D eigenvalue weighted by molar-refractivity contribution is -0.121. The minimum atomic E-state index is -0.483. The standard InChI is InChI=1S/C26H26N2O2/c1-2-22(19-11-5-3-6-12-19)28-23-16-10-9-15-21(23)17-24(30-18-25(27)29)26(28)20-13-7-4-8-14-20/h3-17,22,26H,2,18H2,1H3,(H2,27,29)/t22?,26-/m0/s1. The molecular weight excluding hydrogens is 372 g/mol. The van der Waals surface area contributed by atoms with Crippen molar-refractivity contribution in [2.45, 2.75) is 25.4 Å². The smallest absolute Gasteiger partial charge is 0.255 e. The Morgan fingerprint density at radius 3 is 2.27 bits per heavy atom. The van der Waals surface area contributed by atoms with Gasteiger partial charge in [0.05, 0.1) is 6.04 Å². The maximum absolute atomic E-state index is 11.5. The SMILES string of the molecule is CCC(c1ccccc1)N1c2ccccc2C=C(OCC(N)=O)[C@@H]1c1ccccc1. The molecule has 0 spiro atoms. The summed E-state index contributed by atoms with van der Waals surface area (Å²) in [6, 6.07) is 29.1. The minimum Gasteiger partial charge on any atom is -0.486 e. The summed E-state index contributed by atoms with van der Waals surface area (Å²) in [5.41, 5.74) is 9.96. The Balaban J connectivity index is 1.89. The molecule has 1 aliphatic rings. The van der Waals surface area contributed by atoms with Gasteiger partial charge >= 0.3 is 0 Å². The topological polar surface area (TPSA) is 55.6 Å². The minimum absolute atomic E-state index is 0.137. The molecular formula is C26H26N2O2. The van der Waals surface area contributed by atoms with Gasteiger partial charge in [0.25, 0.3) is 5.91 Å². The van der Waals surface area contributed by atoms with Crippen molar-refractivity contribution in [1.29, 1.82) is 0 Å². The van der Waals surface area contributed by atoms with Crippen LogP contribution in [-0.4, -0.2) is 12.5 Å². The van der Waals surface area contributed by atoms with E-state index in [1.165, 1.54) is 5.56 Å². The zero-order valence-corrected chi connectivity index (χ0v) is 17.1. The fourth-order valence-corrected chi connectivity index (χ4v) is 4.20. The Morgan fingerprint density at radius 2 is 1.60 bits per heavy atom. The number of carbonyl (C=O) groups is 1. The van der Waals surface area contributed by atoms with E-state index in [0.717, 1.165) is 29.0 Å². The van der Waals surface area contributed by atoms with Crippen LogP contribution in [0, 0.1) is 0 Å². The van der Waals surface area contributed by atoms with Crippen molar-refractivity contribution in [3.8, 4) is 0 Å². The Kier molecular flexibility index (Phi) is 5.84. The van der Waals surface area contributed by atoms with E-state index in [9.17, 15) is 4.79 Å². The van der Waals surface area contributed by atoms with Crippen molar-refractivity contribution in [3.63, 3.8) is 0 Å². The number of hydrogen-bond donors (Lipinski definition) is 1. The highest BCUT2D eigenvalue weighted by Gasteiger charge is 2.35. The normalized spacial score (nSPS) is 16.4. The van der Waals surface area contributed by atoms with Gasteiger partial charge < -0.3 is 15.4 Å². The number of para-hydroxylation sites is 1. The van der Waals surface area contributed by atoms with Crippen molar-refractivity contribution in [1.82, 2.24) is 0 Å². The first-order chi connectivity index (χ1) is 14.7. The molecule has 1 unspecified atom stereocenters. The molecule has 0 radical (unpaired) electrons. The van der Waals surface area contributed by atoms with Crippen LogP contribution in [0.15, 0.2) is 90.7 Å². The summed E-state index contributed by atoms with van der Waals surface area (Å²) in [5.74, 6) is 0.247. The fraction of sp³-hybridized carbons (Fsp3) is 0.192. The lowest BCUT2D eigenvalue weighted by Gasteiger charge is -2.44. The van der Waals surface area contributed by atoms with E-state index in [1.54, 1.807) is 0 Å². The van der Waals surface area contributed by atoms with Crippen LogP contribution in [0.25, 0.3) is 6.08 Å². The summed E-state index contributed by atoms with van der Waals surface area (Å²) in [4.78, 5) is 13.9.